The van der Waals surface area contributed by atoms with E-state index in [4.69, 9.17) is 10.4 Å². The molecule has 3 nitrogen and oxygen atoms in total. The molecule has 2 unspecified atom stereocenters. The standard InChI is InChI=1S/C8H11NO2/c1-8(2)5(3-4-9)6(8)7(10)11/h5-6H,3H2,1-2H3,(H,10,11). The molecular formula is C8H11NO2. The van der Waals surface area contributed by atoms with Crippen LogP contribution in [-0.4, -0.2) is 11.1 Å². The minimum atomic E-state index is -0.768. The maximum absolute atomic E-state index is 10.6. The largest absolute Gasteiger partial charge is 0.481 e. The molecule has 0 spiro atoms. The molecule has 0 heterocycles. The number of hydrogen-bond acceptors (Lipinski definition) is 2. The van der Waals surface area contributed by atoms with Gasteiger partial charge < -0.3 is 5.11 Å². The van der Waals surface area contributed by atoms with Gasteiger partial charge >= 0.3 is 5.97 Å². The number of carbonyl (C=O) groups is 1. The summed E-state index contributed by atoms with van der Waals surface area (Å²) in [4.78, 5) is 10.6. The van der Waals surface area contributed by atoms with E-state index in [1.54, 1.807) is 0 Å². The van der Waals surface area contributed by atoms with E-state index in [1.807, 2.05) is 19.9 Å². The van der Waals surface area contributed by atoms with Crippen molar-refractivity contribution in [1.82, 2.24) is 0 Å². The third-order valence-corrected chi connectivity index (χ3v) is 2.63. The number of nitriles is 1. The molecule has 0 aromatic heterocycles. The normalized spacial score (nSPS) is 32.5. The lowest BCUT2D eigenvalue weighted by molar-refractivity contribution is -0.139. The average Bonchev–Trinajstić information content (AvgIpc) is 2.35. The van der Waals surface area contributed by atoms with Crippen molar-refractivity contribution in [2.75, 3.05) is 0 Å². The zero-order valence-corrected chi connectivity index (χ0v) is 6.66. The van der Waals surface area contributed by atoms with Crippen LogP contribution < -0.4 is 0 Å². The second-order valence-corrected chi connectivity index (χ2v) is 3.61. The molecule has 60 valence electrons. The lowest BCUT2D eigenvalue weighted by Crippen LogP contribution is -2.03. The van der Waals surface area contributed by atoms with Gasteiger partial charge in [-0.3, -0.25) is 4.79 Å². The van der Waals surface area contributed by atoms with E-state index in [9.17, 15) is 4.79 Å². The number of nitrogens with zero attached hydrogens (tertiary/aromatic N) is 1. The molecule has 1 aliphatic rings. The smallest absolute Gasteiger partial charge is 0.307 e. The van der Waals surface area contributed by atoms with Crippen molar-refractivity contribution in [3.05, 3.63) is 0 Å². The van der Waals surface area contributed by atoms with E-state index in [1.165, 1.54) is 0 Å². The molecule has 0 aromatic rings. The van der Waals surface area contributed by atoms with Crippen molar-refractivity contribution in [1.29, 1.82) is 5.26 Å². The molecule has 1 rings (SSSR count). The second kappa shape index (κ2) is 2.23. The predicted octanol–water partition coefficient (Wildman–Crippen LogP) is 1.26. The second-order valence-electron chi connectivity index (χ2n) is 3.61. The summed E-state index contributed by atoms with van der Waals surface area (Å²) in [6.45, 7) is 3.79. The minimum absolute atomic E-state index is 0.0602. The Kier molecular flexibility index (Phi) is 1.63. The molecular weight excluding hydrogens is 142 g/mol. The van der Waals surface area contributed by atoms with Crippen LogP contribution in [0.4, 0.5) is 0 Å². The molecule has 0 aliphatic heterocycles. The van der Waals surface area contributed by atoms with Gasteiger partial charge in [0.25, 0.3) is 0 Å². The fourth-order valence-corrected chi connectivity index (χ4v) is 1.71. The third kappa shape index (κ3) is 1.09. The Hall–Kier alpha value is -1.04. The quantitative estimate of drug-likeness (QED) is 0.649. The molecule has 1 saturated carbocycles. The molecule has 3 heteroatoms. The summed E-state index contributed by atoms with van der Waals surface area (Å²) in [5.41, 5.74) is -0.165. The monoisotopic (exact) mass is 153 g/mol. The van der Waals surface area contributed by atoms with Crippen molar-refractivity contribution in [2.24, 2.45) is 17.3 Å². The van der Waals surface area contributed by atoms with Crippen molar-refractivity contribution in [2.45, 2.75) is 20.3 Å². The Labute approximate surface area is 65.6 Å². The first-order valence-corrected chi connectivity index (χ1v) is 3.61. The maximum Gasteiger partial charge on any atom is 0.307 e. The molecule has 0 aromatic carbocycles. The van der Waals surface area contributed by atoms with Crippen LogP contribution in [-0.2, 0) is 4.79 Å². The van der Waals surface area contributed by atoms with E-state index < -0.39 is 5.97 Å². The number of rotatable bonds is 2. The fraction of sp³-hybridized carbons (Fsp3) is 0.750. The van der Waals surface area contributed by atoms with Crippen molar-refractivity contribution in [3.8, 4) is 6.07 Å². The first kappa shape index (κ1) is 8.06. The van der Waals surface area contributed by atoms with Gasteiger partial charge in [0.15, 0.2) is 0 Å². The van der Waals surface area contributed by atoms with Gasteiger partial charge in [-0.05, 0) is 11.3 Å². The lowest BCUT2D eigenvalue weighted by Gasteiger charge is -1.96. The fourth-order valence-electron chi connectivity index (χ4n) is 1.71. The van der Waals surface area contributed by atoms with Gasteiger partial charge in [-0.2, -0.15) is 5.26 Å². The molecule has 0 saturated heterocycles. The first-order valence-electron chi connectivity index (χ1n) is 3.61. The topological polar surface area (TPSA) is 61.1 Å². The highest BCUT2D eigenvalue weighted by atomic mass is 16.4. The summed E-state index contributed by atoms with van der Waals surface area (Å²) < 4.78 is 0. The van der Waals surface area contributed by atoms with E-state index in [0.717, 1.165) is 0 Å². The number of aliphatic carboxylic acids is 1. The van der Waals surface area contributed by atoms with Gasteiger partial charge in [-0.25, -0.2) is 0 Å². The third-order valence-electron chi connectivity index (χ3n) is 2.63. The summed E-state index contributed by atoms with van der Waals surface area (Å²) in [7, 11) is 0. The minimum Gasteiger partial charge on any atom is -0.481 e. The Balaban J connectivity index is 2.62. The summed E-state index contributed by atoms with van der Waals surface area (Å²) in [6, 6.07) is 2.01. The summed E-state index contributed by atoms with van der Waals surface area (Å²) in [5.74, 6) is -1.01. The SMILES string of the molecule is CC1(C)C(CC#N)C1C(=O)O. The number of hydrogen-bond donors (Lipinski definition) is 1. The molecule has 1 aliphatic carbocycles. The summed E-state index contributed by atoms with van der Waals surface area (Å²) >= 11 is 0. The van der Waals surface area contributed by atoms with Gasteiger partial charge in [-0.15, -0.1) is 0 Å². The van der Waals surface area contributed by atoms with E-state index in [-0.39, 0.29) is 17.3 Å². The molecule has 0 amide bonds. The predicted molar refractivity (Wildman–Crippen MR) is 38.6 cm³/mol. The summed E-state index contributed by atoms with van der Waals surface area (Å²) in [6.07, 6.45) is 0.365. The molecule has 0 radical (unpaired) electrons. The Bertz CT molecular complexity index is 227. The molecule has 1 N–H and O–H groups in total. The Morgan fingerprint density at radius 2 is 2.27 bits per heavy atom. The molecule has 2 atom stereocenters. The molecule has 0 bridgehead atoms. The highest BCUT2D eigenvalue weighted by molar-refractivity contribution is 5.75. The van der Waals surface area contributed by atoms with Crippen LogP contribution >= 0.6 is 0 Å². The summed E-state index contributed by atoms with van der Waals surface area (Å²) in [5, 5.41) is 17.0. The van der Waals surface area contributed by atoms with Gasteiger partial charge in [0.05, 0.1) is 12.0 Å². The van der Waals surface area contributed by atoms with Crippen molar-refractivity contribution >= 4 is 5.97 Å². The number of carboxylic acid groups (broad SMARTS) is 1. The van der Waals surface area contributed by atoms with Crippen LogP contribution in [0.3, 0.4) is 0 Å². The van der Waals surface area contributed by atoms with Crippen molar-refractivity contribution < 1.29 is 9.90 Å². The molecule has 1 fully saturated rings. The van der Waals surface area contributed by atoms with Crippen LogP contribution in [0.15, 0.2) is 0 Å². The average molecular weight is 153 g/mol. The first-order chi connectivity index (χ1) is 5.01. The molecule has 11 heavy (non-hydrogen) atoms. The highest BCUT2D eigenvalue weighted by Gasteiger charge is 2.61. The van der Waals surface area contributed by atoms with Crippen LogP contribution in [0.1, 0.15) is 20.3 Å². The Morgan fingerprint density at radius 3 is 2.55 bits per heavy atom. The number of carboxylic acids is 1. The van der Waals surface area contributed by atoms with Crippen LogP contribution in [0.5, 0.6) is 0 Å². The van der Waals surface area contributed by atoms with Crippen molar-refractivity contribution in [3.63, 3.8) is 0 Å². The van der Waals surface area contributed by atoms with Crippen LogP contribution in [0.25, 0.3) is 0 Å². The zero-order chi connectivity index (χ0) is 8.65. The Morgan fingerprint density at radius 1 is 1.73 bits per heavy atom. The van der Waals surface area contributed by atoms with Crippen LogP contribution in [0, 0.1) is 28.6 Å². The van der Waals surface area contributed by atoms with E-state index in [2.05, 4.69) is 0 Å². The van der Waals surface area contributed by atoms with Gasteiger partial charge in [0, 0.05) is 6.42 Å². The van der Waals surface area contributed by atoms with Crippen LogP contribution in [0.2, 0.25) is 0 Å². The lowest BCUT2D eigenvalue weighted by atomic mass is 10.1. The van der Waals surface area contributed by atoms with E-state index in [0.29, 0.717) is 6.42 Å². The van der Waals surface area contributed by atoms with E-state index >= 15 is 0 Å². The maximum atomic E-state index is 10.6. The highest BCUT2D eigenvalue weighted by Crippen LogP contribution is 2.59. The zero-order valence-electron chi connectivity index (χ0n) is 6.66. The van der Waals surface area contributed by atoms with Gasteiger partial charge in [0.2, 0.25) is 0 Å². The van der Waals surface area contributed by atoms with Gasteiger partial charge in [-0.1, -0.05) is 13.8 Å². The van der Waals surface area contributed by atoms with Gasteiger partial charge in [0.1, 0.15) is 0 Å².